The fourth-order valence-corrected chi connectivity index (χ4v) is 0.366. The summed E-state index contributed by atoms with van der Waals surface area (Å²) in [4.78, 5) is 4.55. The van der Waals surface area contributed by atoms with Gasteiger partial charge in [0.25, 0.3) is 0 Å². The number of nitrogens with zero attached hydrogens (tertiary/aromatic N) is 1. The van der Waals surface area contributed by atoms with Crippen LogP contribution in [0.2, 0.25) is 0 Å². The van der Waals surface area contributed by atoms with Crippen molar-refractivity contribution in [2.75, 3.05) is 0 Å². The second-order valence-corrected chi connectivity index (χ2v) is 1.24. The molecule has 0 aromatic rings. The average molecular weight is 148 g/mol. The first kappa shape index (κ1) is 8.83. The maximum atomic E-state index is 8.20. The molecule has 3 nitrogen and oxygen atoms in total. The Labute approximate surface area is 82.9 Å². The van der Waals surface area contributed by atoms with Crippen molar-refractivity contribution in [1.82, 2.24) is 5.48 Å². The van der Waals surface area contributed by atoms with Crippen LogP contribution in [0.3, 0.4) is 0 Å². The zero-order valence-electron chi connectivity index (χ0n) is 4.44. The molecule has 0 saturated heterocycles. The van der Waals surface area contributed by atoms with Gasteiger partial charge in [-0.3, -0.25) is 0 Å². The summed E-state index contributed by atoms with van der Waals surface area (Å²) in [5, 5.41) is 8.20. The van der Waals surface area contributed by atoms with E-state index in [1.165, 1.54) is 6.26 Å². The molecule has 0 amide bonds. The molecular formula is C5H4ArN2O. The molecule has 0 aromatic heterocycles. The number of nitrogens with one attached hydrogen (secondary N) is 1. The summed E-state index contributed by atoms with van der Waals surface area (Å²) in [5.74, 6) is 0. The van der Waals surface area contributed by atoms with Gasteiger partial charge < -0.3 is 4.84 Å². The molecule has 0 unspecified atom stereocenters. The van der Waals surface area contributed by atoms with Gasteiger partial charge in [-0.2, -0.15) is 5.26 Å². The summed E-state index contributed by atoms with van der Waals surface area (Å²) in [5.41, 5.74) is 2.81. The first-order chi connectivity index (χ1) is 3.93. The van der Waals surface area contributed by atoms with E-state index < -0.39 is 0 Å². The van der Waals surface area contributed by atoms with Crippen molar-refractivity contribution in [3.8, 4) is 6.07 Å². The average Bonchev–Trinajstić information content (AvgIpc) is 1.90. The van der Waals surface area contributed by atoms with Crippen molar-refractivity contribution in [2.45, 2.75) is 0 Å². The van der Waals surface area contributed by atoms with Gasteiger partial charge in [0.2, 0.25) is 0 Å². The van der Waals surface area contributed by atoms with Crippen molar-refractivity contribution < 1.29 is 42.6 Å². The molecule has 4 heteroatoms. The third kappa shape index (κ3) is 2.75. The molecule has 0 fully saturated rings. The van der Waals surface area contributed by atoms with E-state index in [4.69, 9.17) is 5.26 Å². The largest absolute Gasteiger partial charge is 0.389 e. The van der Waals surface area contributed by atoms with Gasteiger partial charge in [-0.25, -0.2) is 5.48 Å². The number of hydrogen-bond donors (Lipinski definition) is 1. The Bertz CT molecular complexity index is 180. The SMILES string of the molecule is N#CC1=CC=CON1.[Ar]. The molecule has 1 N–H and O–H groups in total. The van der Waals surface area contributed by atoms with Crippen LogP contribution in [0.1, 0.15) is 0 Å². The number of hydroxylamine groups is 1. The smallest absolute Gasteiger partial charge is 0.149 e. The number of rotatable bonds is 0. The van der Waals surface area contributed by atoms with E-state index in [0.717, 1.165) is 0 Å². The van der Waals surface area contributed by atoms with Crippen LogP contribution in [0.25, 0.3) is 0 Å². The van der Waals surface area contributed by atoms with E-state index in [1.54, 1.807) is 12.2 Å². The van der Waals surface area contributed by atoms with Gasteiger partial charge in [-0.05, 0) is 12.2 Å². The maximum Gasteiger partial charge on any atom is 0.149 e. The Kier molecular flexibility index (Phi) is 4.60. The van der Waals surface area contributed by atoms with Crippen LogP contribution in [0.5, 0.6) is 0 Å². The molecule has 0 bridgehead atoms. The second kappa shape index (κ2) is 4.68. The third-order valence-corrected chi connectivity index (χ3v) is 0.699. The molecule has 1 aliphatic rings. The van der Waals surface area contributed by atoms with Gasteiger partial charge in [0.05, 0.1) is 0 Å². The van der Waals surface area contributed by atoms with Gasteiger partial charge in [0, 0.05) is 37.7 Å². The van der Waals surface area contributed by atoms with Crippen LogP contribution in [0, 0.1) is 49.1 Å². The number of allylic oxidation sites excluding steroid dienone is 3. The summed E-state index contributed by atoms with van der Waals surface area (Å²) < 4.78 is 0. The van der Waals surface area contributed by atoms with Gasteiger partial charge in [-0.15, -0.1) is 0 Å². The van der Waals surface area contributed by atoms with E-state index >= 15 is 0 Å². The minimum atomic E-state index is 0. The van der Waals surface area contributed by atoms with Gasteiger partial charge in [0.1, 0.15) is 18.0 Å². The summed E-state index contributed by atoms with van der Waals surface area (Å²) >= 11 is 0. The molecule has 1 aliphatic heterocycles. The third-order valence-electron chi connectivity index (χ3n) is 0.699. The molecule has 1 rings (SSSR count). The molecule has 9 heavy (non-hydrogen) atoms. The first-order valence-electron chi connectivity index (χ1n) is 2.12. The zero-order chi connectivity index (χ0) is 5.82. The fourth-order valence-electron chi connectivity index (χ4n) is 0.366. The molecule has 0 atom stereocenters. The van der Waals surface area contributed by atoms with Crippen molar-refractivity contribution in [1.29, 1.82) is 5.26 Å². The Morgan fingerprint density at radius 1 is 1.67 bits per heavy atom. The Balaban J connectivity index is 0.000000640. The van der Waals surface area contributed by atoms with Crippen LogP contribution in [-0.4, -0.2) is 0 Å². The topological polar surface area (TPSA) is 45.0 Å². The summed E-state index contributed by atoms with van der Waals surface area (Å²) in [6, 6.07) is 1.88. The molecular weight excluding hydrogens is 144 g/mol. The Hall–Kier alpha value is -0.170. The quantitative estimate of drug-likeness (QED) is 0.542. The minimum Gasteiger partial charge on any atom is -0.389 e. The van der Waals surface area contributed by atoms with E-state index in [-0.39, 0.29) is 37.7 Å². The van der Waals surface area contributed by atoms with Crippen LogP contribution in [-0.2, 0) is 4.84 Å². The Morgan fingerprint density at radius 3 is 2.78 bits per heavy atom. The molecule has 48 valence electrons. The summed E-state index contributed by atoms with van der Waals surface area (Å²) in [7, 11) is 0. The van der Waals surface area contributed by atoms with Gasteiger partial charge in [0.15, 0.2) is 0 Å². The normalized spacial score (nSPS) is 13.4. The minimum absolute atomic E-state index is 0. The summed E-state index contributed by atoms with van der Waals surface area (Å²) in [6.45, 7) is 0. The molecule has 0 spiro atoms. The molecule has 0 aliphatic carbocycles. The maximum absolute atomic E-state index is 8.20. The monoisotopic (exact) mass is 148 g/mol. The van der Waals surface area contributed by atoms with E-state index in [0.29, 0.717) is 5.70 Å². The van der Waals surface area contributed by atoms with Crippen LogP contribution in [0.15, 0.2) is 24.1 Å². The first-order valence-corrected chi connectivity index (χ1v) is 2.12. The second-order valence-electron chi connectivity index (χ2n) is 1.24. The van der Waals surface area contributed by atoms with Crippen molar-refractivity contribution in [2.24, 2.45) is 0 Å². The van der Waals surface area contributed by atoms with Crippen molar-refractivity contribution >= 4 is 0 Å². The number of hydrogen-bond acceptors (Lipinski definition) is 3. The number of nitriles is 1. The van der Waals surface area contributed by atoms with Crippen molar-refractivity contribution in [3.63, 3.8) is 0 Å². The fraction of sp³-hybridized carbons (Fsp3) is 0. The summed E-state index contributed by atoms with van der Waals surface area (Å²) in [6.07, 6.45) is 4.74. The zero-order valence-corrected chi connectivity index (χ0v) is 5.15. The molecule has 0 saturated carbocycles. The standard InChI is InChI=1S/C5H4N2O.Ar/c6-4-5-2-1-3-8-7-5;/h1-3,7H;. The molecule has 0 aromatic carbocycles. The predicted molar refractivity (Wildman–Crippen MR) is 27.1 cm³/mol. The molecule has 0 radical (unpaired) electrons. The van der Waals surface area contributed by atoms with Crippen LogP contribution >= 0.6 is 0 Å². The van der Waals surface area contributed by atoms with Crippen molar-refractivity contribution in [3.05, 3.63) is 24.1 Å². The van der Waals surface area contributed by atoms with E-state index in [1.807, 2.05) is 6.07 Å². The van der Waals surface area contributed by atoms with E-state index in [2.05, 4.69) is 10.3 Å². The van der Waals surface area contributed by atoms with Gasteiger partial charge >= 0.3 is 0 Å². The van der Waals surface area contributed by atoms with Crippen LogP contribution < -0.4 is 5.48 Å². The molecule has 1 heterocycles. The Morgan fingerprint density at radius 2 is 2.44 bits per heavy atom. The van der Waals surface area contributed by atoms with Crippen LogP contribution in [0.4, 0.5) is 0 Å². The van der Waals surface area contributed by atoms with E-state index in [9.17, 15) is 0 Å². The predicted octanol–water partition coefficient (Wildman–Crippen LogP) is 0.442. The van der Waals surface area contributed by atoms with Gasteiger partial charge in [-0.1, -0.05) is 0 Å².